The van der Waals surface area contributed by atoms with Crippen LogP contribution in [0.3, 0.4) is 0 Å². The molecule has 0 aliphatic carbocycles. The van der Waals surface area contributed by atoms with Crippen LogP contribution in [0.4, 0.5) is 4.39 Å². The van der Waals surface area contributed by atoms with Crippen molar-refractivity contribution in [1.82, 2.24) is 0 Å². The van der Waals surface area contributed by atoms with Crippen LogP contribution in [0.25, 0.3) is 11.1 Å². The maximum absolute atomic E-state index is 13.0. The topological polar surface area (TPSA) is 20.2 Å². The molecule has 0 atom stereocenters. The van der Waals surface area contributed by atoms with Crippen molar-refractivity contribution in [2.24, 2.45) is 0 Å². The van der Waals surface area contributed by atoms with Gasteiger partial charge >= 0.3 is 0 Å². The molecule has 2 rings (SSSR count). The average Bonchev–Trinajstić information content (AvgIpc) is 2.22. The van der Waals surface area contributed by atoms with Gasteiger partial charge in [0.15, 0.2) is 0 Å². The molecule has 0 aliphatic heterocycles. The number of hydrogen-bond acceptors (Lipinski definition) is 1. The van der Waals surface area contributed by atoms with Crippen LogP contribution in [-0.2, 0) is 0 Å². The zero-order valence-electron chi connectivity index (χ0n) is 7.74. The van der Waals surface area contributed by atoms with Crippen LogP contribution in [0.5, 0.6) is 5.75 Å². The molecule has 0 amide bonds. The third kappa shape index (κ3) is 2.10. The van der Waals surface area contributed by atoms with Gasteiger partial charge in [-0.3, -0.25) is 0 Å². The second-order valence-electron chi connectivity index (χ2n) is 3.17. The monoisotopic (exact) mass is 222 g/mol. The molecule has 0 radical (unpaired) electrons. The third-order valence-corrected chi connectivity index (χ3v) is 2.42. The molecule has 0 heterocycles. The molecule has 1 nitrogen and oxygen atoms in total. The summed E-state index contributed by atoms with van der Waals surface area (Å²) in [5.41, 5.74) is 1.27. The molecule has 2 aromatic rings. The number of rotatable bonds is 1. The molecule has 15 heavy (non-hydrogen) atoms. The highest BCUT2D eigenvalue weighted by molar-refractivity contribution is 6.33. The minimum Gasteiger partial charge on any atom is -0.508 e. The van der Waals surface area contributed by atoms with Crippen molar-refractivity contribution in [3.63, 3.8) is 0 Å². The van der Waals surface area contributed by atoms with Gasteiger partial charge in [0.1, 0.15) is 11.6 Å². The van der Waals surface area contributed by atoms with Crippen molar-refractivity contribution in [3.05, 3.63) is 53.3 Å². The summed E-state index contributed by atoms with van der Waals surface area (Å²) in [7, 11) is 0. The van der Waals surface area contributed by atoms with Gasteiger partial charge in [0.25, 0.3) is 0 Å². The van der Waals surface area contributed by atoms with E-state index < -0.39 is 0 Å². The summed E-state index contributed by atoms with van der Waals surface area (Å²) in [5, 5.41) is 9.76. The molecule has 1 N–H and O–H groups in total. The van der Waals surface area contributed by atoms with E-state index in [9.17, 15) is 9.50 Å². The van der Waals surface area contributed by atoms with E-state index in [-0.39, 0.29) is 11.6 Å². The molecule has 0 fully saturated rings. The minimum absolute atomic E-state index is 0.132. The predicted molar refractivity (Wildman–Crippen MR) is 58.5 cm³/mol. The van der Waals surface area contributed by atoms with Gasteiger partial charge in [0.2, 0.25) is 0 Å². The van der Waals surface area contributed by atoms with E-state index in [0.29, 0.717) is 16.1 Å². The molecule has 0 aliphatic rings. The van der Waals surface area contributed by atoms with E-state index in [0.717, 1.165) is 0 Å². The largest absolute Gasteiger partial charge is 0.508 e. The Morgan fingerprint density at radius 3 is 2.60 bits per heavy atom. The number of hydrogen-bond donors (Lipinski definition) is 1. The van der Waals surface area contributed by atoms with Crippen LogP contribution in [0.2, 0.25) is 5.02 Å². The normalized spacial score (nSPS) is 10.3. The summed E-state index contributed by atoms with van der Waals surface area (Å²) < 4.78 is 13.0. The maximum atomic E-state index is 13.0. The summed E-state index contributed by atoms with van der Waals surface area (Å²) in [6.07, 6.45) is 0. The number of phenolic OH excluding ortho intramolecular Hbond substituents is 1. The van der Waals surface area contributed by atoms with Gasteiger partial charge in [-0.15, -0.1) is 0 Å². The molecular weight excluding hydrogens is 215 g/mol. The smallest absolute Gasteiger partial charge is 0.123 e. The summed E-state index contributed by atoms with van der Waals surface area (Å²) in [6, 6.07) is 10.7. The maximum Gasteiger partial charge on any atom is 0.123 e. The predicted octanol–water partition coefficient (Wildman–Crippen LogP) is 3.85. The molecule has 0 bridgehead atoms. The number of benzene rings is 2. The molecule has 0 spiro atoms. The van der Waals surface area contributed by atoms with E-state index in [1.807, 2.05) is 0 Å². The van der Waals surface area contributed by atoms with Crippen LogP contribution in [0.1, 0.15) is 0 Å². The molecule has 0 saturated carbocycles. The summed E-state index contributed by atoms with van der Waals surface area (Å²) in [4.78, 5) is 0. The van der Waals surface area contributed by atoms with Gasteiger partial charge in [0.05, 0.1) is 0 Å². The van der Waals surface area contributed by atoms with Crippen molar-refractivity contribution in [2.75, 3.05) is 0 Å². The van der Waals surface area contributed by atoms with Crippen LogP contribution in [0, 0.1) is 5.82 Å². The molecule has 0 aromatic heterocycles. The van der Waals surface area contributed by atoms with E-state index in [1.54, 1.807) is 24.3 Å². The highest BCUT2D eigenvalue weighted by atomic mass is 35.5. The fourth-order valence-corrected chi connectivity index (χ4v) is 1.62. The Hall–Kier alpha value is -1.54. The van der Waals surface area contributed by atoms with Gasteiger partial charge in [-0.1, -0.05) is 23.7 Å². The van der Waals surface area contributed by atoms with Crippen molar-refractivity contribution >= 4 is 11.6 Å². The van der Waals surface area contributed by atoms with Gasteiger partial charge in [-0.05, 0) is 35.9 Å². The lowest BCUT2D eigenvalue weighted by atomic mass is 10.1. The summed E-state index contributed by atoms with van der Waals surface area (Å²) in [5.74, 6) is -0.217. The lowest BCUT2D eigenvalue weighted by molar-refractivity contribution is 0.475. The molecule has 2 aromatic carbocycles. The van der Waals surface area contributed by atoms with E-state index in [4.69, 9.17) is 11.6 Å². The Kier molecular flexibility index (Phi) is 2.60. The first-order valence-corrected chi connectivity index (χ1v) is 4.79. The van der Waals surface area contributed by atoms with Crippen molar-refractivity contribution < 1.29 is 9.50 Å². The Labute approximate surface area is 91.8 Å². The van der Waals surface area contributed by atoms with Crippen LogP contribution in [-0.4, -0.2) is 5.11 Å². The zero-order chi connectivity index (χ0) is 10.8. The SMILES string of the molecule is Oc1cccc(-c2cc(F)ccc2Cl)c1. The molecule has 3 heteroatoms. The van der Waals surface area contributed by atoms with Gasteiger partial charge in [0, 0.05) is 10.6 Å². The van der Waals surface area contributed by atoms with Gasteiger partial charge < -0.3 is 5.11 Å². The van der Waals surface area contributed by atoms with Crippen molar-refractivity contribution in [1.29, 1.82) is 0 Å². The highest BCUT2D eigenvalue weighted by Gasteiger charge is 2.05. The fourth-order valence-electron chi connectivity index (χ4n) is 1.39. The standard InChI is InChI=1S/C12H8ClFO/c13-12-5-4-9(14)7-11(12)8-2-1-3-10(15)6-8/h1-7,15H. The van der Waals surface area contributed by atoms with Gasteiger partial charge in [-0.25, -0.2) is 4.39 Å². The van der Waals surface area contributed by atoms with Crippen molar-refractivity contribution in [2.45, 2.75) is 0 Å². The first-order valence-electron chi connectivity index (χ1n) is 4.41. The zero-order valence-corrected chi connectivity index (χ0v) is 8.50. The average molecular weight is 223 g/mol. The summed E-state index contributed by atoms with van der Waals surface area (Å²) in [6.45, 7) is 0. The minimum atomic E-state index is -0.349. The van der Waals surface area contributed by atoms with Crippen LogP contribution >= 0.6 is 11.6 Å². The Morgan fingerprint density at radius 2 is 1.87 bits per heavy atom. The number of aromatic hydroxyl groups is 1. The van der Waals surface area contributed by atoms with Crippen LogP contribution in [0.15, 0.2) is 42.5 Å². The highest BCUT2D eigenvalue weighted by Crippen LogP contribution is 2.30. The molecule has 76 valence electrons. The molecule has 0 unspecified atom stereocenters. The second kappa shape index (κ2) is 3.91. The Balaban J connectivity index is 2.58. The summed E-state index contributed by atoms with van der Waals surface area (Å²) >= 11 is 5.93. The second-order valence-corrected chi connectivity index (χ2v) is 3.58. The number of halogens is 2. The lowest BCUT2D eigenvalue weighted by Crippen LogP contribution is -1.81. The number of phenols is 1. The Bertz CT molecular complexity index is 497. The first kappa shape index (κ1) is 9.99. The Morgan fingerprint density at radius 1 is 1.07 bits per heavy atom. The van der Waals surface area contributed by atoms with E-state index in [2.05, 4.69) is 0 Å². The lowest BCUT2D eigenvalue weighted by Gasteiger charge is -2.04. The first-order chi connectivity index (χ1) is 7.16. The third-order valence-electron chi connectivity index (χ3n) is 2.09. The fraction of sp³-hybridized carbons (Fsp3) is 0. The van der Waals surface area contributed by atoms with E-state index in [1.165, 1.54) is 18.2 Å². The molecular formula is C12H8ClFO. The quantitative estimate of drug-likeness (QED) is 0.777. The van der Waals surface area contributed by atoms with Crippen LogP contribution < -0.4 is 0 Å². The van der Waals surface area contributed by atoms with E-state index >= 15 is 0 Å². The van der Waals surface area contributed by atoms with Crippen molar-refractivity contribution in [3.8, 4) is 16.9 Å². The molecule has 0 saturated heterocycles. The van der Waals surface area contributed by atoms with Gasteiger partial charge in [-0.2, -0.15) is 0 Å².